The van der Waals surface area contributed by atoms with E-state index in [1.807, 2.05) is 131 Å². The maximum absolute atomic E-state index is 12.7. The van der Waals surface area contributed by atoms with Gasteiger partial charge >= 0.3 is 22.7 Å². The average molecular weight is 933 g/mol. The van der Waals surface area contributed by atoms with Crippen LogP contribution in [-0.2, 0) is 42.2 Å². The van der Waals surface area contributed by atoms with Crippen LogP contribution in [0.4, 0.5) is 13.2 Å². The van der Waals surface area contributed by atoms with Crippen molar-refractivity contribution in [3.63, 3.8) is 0 Å². The van der Waals surface area contributed by atoms with E-state index in [0.29, 0.717) is 30.1 Å². The maximum atomic E-state index is 12.7. The van der Waals surface area contributed by atoms with Crippen LogP contribution in [0, 0.1) is 0 Å². The second kappa shape index (κ2) is 21.0. The van der Waals surface area contributed by atoms with Gasteiger partial charge in [-0.15, -0.1) is 0 Å². The van der Waals surface area contributed by atoms with E-state index in [-0.39, 0.29) is 5.56 Å². The van der Waals surface area contributed by atoms with Crippen LogP contribution in [0.1, 0.15) is 49.9 Å². The van der Waals surface area contributed by atoms with Gasteiger partial charge in [0.05, 0.1) is 11.2 Å². The highest BCUT2D eigenvalue weighted by Gasteiger charge is 2.52. The van der Waals surface area contributed by atoms with Crippen molar-refractivity contribution in [1.82, 2.24) is 0 Å². The highest BCUT2D eigenvalue weighted by atomic mass is 32.2. The molecule has 1 heterocycles. The topological polar surface area (TPSA) is 166 Å². The molecule has 6 aromatic carbocycles. The molecule has 7 rings (SSSR count). The lowest BCUT2D eigenvalue weighted by atomic mass is 9.77. The third-order valence-corrected chi connectivity index (χ3v) is 11.7. The van der Waals surface area contributed by atoms with Crippen LogP contribution in [0.15, 0.2) is 158 Å². The lowest BCUT2D eigenvalue weighted by Crippen LogP contribution is -2.41. The van der Waals surface area contributed by atoms with Gasteiger partial charge in [0.25, 0.3) is 0 Å². The first-order chi connectivity index (χ1) is 31.7. The normalized spacial score (nSPS) is 14.3. The molecule has 0 radical (unpaired) electrons. The van der Waals surface area contributed by atoms with E-state index in [1.54, 1.807) is 30.3 Å². The summed E-state index contributed by atoms with van der Waals surface area (Å²) in [6, 6.07) is 43.8. The fourth-order valence-corrected chi connectivity index (χ4v) is 7.06. The molecule has 0 aliphatic carbocycles. The summed E-state index contributed by atoms with van der Waals surface area (Å²) in [5.74, 6) is -0.582. The molecular formula is C51H48BF3N2O9S. The molecule has 346 valence electrons. The van der Waals surface area contributed by atoms with Crippen molar-refractivity contribution in [3.8, 4) is 39.5 Å². The summed E-state index contributed by atoms with van der Waals surface area (Å²) < 4.78 is 89.0. The van der Waals surface area contributed by atoms with Crippen molar-refractivity contribution in [1.29, 1.82) is 0 Å². The first-order valence-electron chi connectivity index (χ1n) is 20.8. The number of carbonyl (C=O) groups excluding carboxylic acids is 2. The summed E-state index contributed by atoms with van der Waals surface area (Å²) in [4.78, 5) is 22.7. The van der Waals surface area contributed by atoms with Gasteiger partial charge in [-0.1, -0.05) is 109 Å². The Morgan fingerprint density at radius 1 is 0.597 bits per heavy atom. The van der Waals surface area contributed by atoms with Crippen molar-refractivity contribution in [2.24, 2.45) is 11.5 Å². The minimum absolute atomic E-state index is 0.212. The fraction of sp³-hybridized carbons (Fsp3) is 0.176. The Hall–Kier alpha value is -7.14. The SMILES string of the molecule is CC1(C)OB(c2ccc(-c3cccc(OCc4ccccc4)c3)c(/C=C/C(N)=O)c2)OC1(C)C.NC(=O)/C=C/c1cc(OS(=O)(=O)C(F)(F)F)ccc1-c1cccc(OCc2ccccc2)c1. The van der Waals surface area contributed by atoms with Gasteiger partial charge in [-0.2, -0.15) is 21.6 Å². The second-order valence-corrected chi connectivity index (χ2v) is 17.8. The number of alkyl halides is 3. The van der Waals surface area contributed by atoms with Crippen LogP contribution in [0.25, 0.3) is 34.4 Å². The second-order valence-electron chi connectivity index (χ2n) is 16.2. The molecule has 0 unspecified atom stereocenters. The van der Waals surface area contributed by atoms with Gasteiger partial charge < -0.3 is 34.4 Å². The van der Waals surface area contributed by atoms with Crippen molar-refractivity contribution in [2.75, 3.05) is 0 Å². The van der Waals surface area contributed by atoms with Gasteiger partial charge in [-0.3, -0.25) is 9.59 Å². The number of hydrogen-bond donors (Lipinski definition) is 2. The molecule has 0 saturated carbocycles. The van der Waals surface area contributed by atoms with Gasteiger partial charge in [0.1, 0.15) is 30.5 Å². The number of primary amides is 2. The first-order valence-corrected chi connectivity index (χ1v) is 22.2. The molecule has 4 N–H and O–H groups in total. The number of halogens is 3. The smallest absolute Gasteiger partial charge is 0.489 e. The molecule has 67 heavy (non-hydrogen) atoms. The van der Waals surface area contributed by atoms with Crippen molar-refractivity contribution in [2.45, 2.75) is 57.6 Å². The number of amides is 2. The monoisotopic (exact) mass is 932 g/mol. The van der Waals surface area contributed by atoms with E-state index in [9.17, 15) is 31.2 Å². The Kier molecular flexibility index (Phi) is 15.5. The van der Waals surface area contributed by atoms with Crippen LogP contribution in [0.3, 0.4) is 0 Å². The molecule has 1 fully saturated rings. The molecule has 16 heteroatoms. The first kappa shape index (κ1) is 49.3. The van der Waals surface area contributed by atoms with Crippen LogP contribution in [0.2, 0.25) is 0 Å². The third kappa shape index (κ3) is 13.2. The van der Waals surface area contributed by atoms with Crippen molar-refractivity contribution in [3.05, 3.63) is 180 Å². The number of rotatable bonds is 15. The molecular weight excluding hydrogens is 884 g/mol. The number of hydrogen-bond acceptors (Lipinski definition) is 9. The standard InChI is InChI=1S/C28H30BNO4.C23H18F3NO5S/c1-27(2)28(3,4)34-29(33-27)23-14-15-25(22(17-23)13-16-26(30)31)21-11-8-12-24(18-21)32-19-20-9-6-5-7-10-20;24-23(25,26)33(29,30)32-20-10-11-21(18(14-20)9-12-22(27)28)17-7-4-8-19(13-17)31-15-16-5-2-1-3-6-16/h5-18H,19H2,1-4H3,(H2,30,31);1-14H,15H2,(H2,27,28)/b16-13+;12-9+. The molecule has 0 bridgehead atoms. The van der Waals surface area contributed by atoms with Crippen LogP contribution in [0.5, 0.6) is 17.2 Å². The van der Waals surface area contributed by atoms with E-state index in [0.717, 1.165) is 57.2 Å². The van der Waals surface area contributed by atoms with Crippen LogP contribution < -0.4 is 30.6 Å². The van der Waals surface area contributed by atoms with E-state index in [1.165, 1.54) is 18.2 Å². The van der Waals surface area contributed by atoms with E-state index in [4.69, 9.17) is 30.2 Å². The number of ether oxygens (including phenoxy) is 2. The van der Waals surface area contributed by atoms with Crippen molar-refractivity contribution >= 4 is 46.7 Å². The Balaban J connectivity index is 0.000000221. The predicted molar refractivity (Wildman–Crippen MR) is 253 cm³/mol. The summed E-state index contributed by atoms with van der Waals surface area (Å²) in [5, 5.41) is 0. The van der Waals surface area contributed by atoms with Gasteiger partial charge in [0, 0.05) is 12.2 Å². The van der Waals surface area contributed by atoms with Crippen LogP contribution in [-0.4, -0.2) is 44.1 Å². The Bertz CT molecular complexity index is 2860. The molecule has 0 atom stereocenters. The van der Waals surface area contributed by atoms with E-state index in [2.05, 4.69) is 4.18 Å². The summed E-state index contributed by atoms with van der Waals surface area (Å²) in [6.07, 6.45) is 5.34. The van der Waals surface area contributed by atoms with Gasteiger partial charge in [0.2, 0.25) is 11.8 Å². The average Bonchev–Trinajstić information content (AvgIpc) is 3.52. The molecule has 6 aromatic rings. The largest absolute Gasteiger partial charge is 0.534 e. The predicted octanol–water partition coefficient (Wildman–Crippen LogP) is 9.39. The van der Waals surface area contributed by atoms with Gasteiger partial charge in [-0.25, -0.2) is 0 Å². The molecule has 1 aliphatic heterocycles. The maximum Gasteiger partial charge on any atom is 0.534 e. The molecule has 0 aromatic heterocycles. The summed E-state index contributed by atoms with van der Waals surface area (Å²) in [5.41, 5.74) is 11.0. The van der Waals surface area contributed by atoms with Crippen LogP contribution >= 0.6 is 0 Å². The molecule has 1 saturated heterocycles. The minimum atomic E-state index is -5.85. The quantitative estimate of drug-likeness (QED) is 0.0442. The van der Waals surface area contributed by atoms with E-state index < -0.39 is 51.5 Å². The minimum Gasteiger partial charge on any atom is -0.489 e. The zero-order chi connectivity index (χ0) is 48.4. The third-order valence-electron chi connectivity index (χ3n) is 10.8. The highest BCUT2D eigenvalue weighted by molar-refractivity contribution is 7.88. The lowest BCUT2D eigenvalue weighted by molar-refractivity contribution is -0.114. The Labute approximate surface area is 388 Å². The Morgan fingerprint density at radius 3 is 1.49 bits per heavy atom. The molecule has 11 nitrogen and oxygen atoms in total. The highest BCUT2D eigenvalue weighted by Crippen LogP contribution is 2.38. The number of carbonyl (C=O) groups is 2. The number of benzene rings is 6. The molecule has 2 amide bonds. The van der Waals surface area contributed by atoms with E-state index >= 15 is 0 Å². The summed E-state index contributed by atoms with van der Waals surface area (Å²) in [6.45, 7) is 8.90. The fourth-order valence-electron chi connectivity index (χ4n) is 6.61. The molecule has 0 spiro atoms. The summed E-state index contributed by atoms with van der Waals surface area (Å²) in [7, 11) is -6.35. The Morgan fingerprint density at radius 2 is 1.04 bits per heavy atom. The zero-order valence-electron chi connectivity index (χ0n) is 37.0. The zero-order valence-corrected chi connectivity index (χ0v) is 37.8. The van der Waals surface area contributed by atoms with Crippen molar-refractivity contribution < 1.29 is 54.1 Å². The molecule has 1 aliphatic rings. The van der Waals surface area contributed by atoms with Gasteiger partial charge in [0.15, 0.2) is 0 Å². The lowest BCUT2D eigenvalue weighted by Gasteiger charge is -2.32. The number of nitrogens with two attached hydrogens (primary N) is 2. The van der Waals surface area contributed by atoms with Gasteiger partial charge in [-0.05, 0) is 126 Å². The summed E-state index contributed by atoms with van der Waals surface area (Å²) >= 11 is 0.